The molecule has 0 bridgehead atoms. The molecule has 208 valence electrons. The minimum atomic E-state index is -0.892. The monoisotopic (exact) mass is 572 g/mol. The van der Waals surface area contributed by atoms with E-state index in [1.54, 1.807) is 48.9 Å². The number of aromatic nitrogens is 3. The first kappa shape index (κ1) is 26.3. The second kappa shape index (κ2) is 10.5. The van der Waals surface area contributed by atoms with Crippen LogP contribution in [0, 0.1) is 5.82 Å². The number of pyridine rings is 1. The number of aryl methyl sites for hydroxylation is 1. The van der Waals surface area contributed by atoms with Crippen molar-refractivity contribution in [1.82, 2.24) is 19.4 Å². The molecule has 6 rings (SSSR count). The molecule has 1 aliphatic rings. The number of hydrogen-bond acceptors (Lipinski definition) is 7. The van der Waals surface area contributed by atoms with Gasteiger partial charge >= 0.3 is 12.1 Å². The number of carbonyl (C=O) groups excluding carboxylic acids is 2. The van der Waals surface area contributed by atoms with Crippen LogP contribution in [0.25, 0.3) is 20.8 Å². The molecule has 2 aromatic carbocycles. The highest BCUT2D eigenvalue weighted by molar-refractivity contribution is 7.22. The summed E-state index contributed by atoms with van der Waals surface area (Å²) in [5.41, 5.74) is 7.92. The van der Waals surface area contributed by atoms with E-state index in [0.717, 1.165) is 26.7 Å². The lowest BCUT2D eigenvalue weighted by Gasteiger charge is -2.25. The van der Waals surface area contributed by atoms with E-state index in [0.29, 0.717) is 28.3 Å². The Morgan fingerprint density at radius 1 is 1.12 bits per heavy atom. The summed E-state index contributed by atoms with van der Waals surface area (Å²) in [6.45, 7) is 2.80. The number of nitrogens with two attached hydrogens (primary N) is 1. The number of amides is 4. The lowest BCUT2D eigenvalue weighted by atomic mass is 10.0. The van der Waals surface area contributed by atoms with Crippen LogP contribution in [0.2, 0.25) is 0 Å². The Hall–Kier alpha value is -4.97. The largest absolute Gasteiger partial charge is 0.495 e. The number of imidazole rings is 1. The van der Waals surface area contributed by atoms with Crippen LogP contribution in [-0.4, -0.2) is 45.2 Å². The van der Waals surface area contributed by atoms with Crippen molar-refractivity contribution in [2.75, 3.05) is 18.6 Å². The Kier molecular flexibility index (Phi) is 6.75. The molecule has 10 nitrogen and oxygen atoms in total. The van der Waals surface area contributed by atoms with Crippen LogP contribution in [-0.2, 0) is 6.54 Å². The van der Waals surface area contributed by atoms with E-state index >= 15 is 4.39 Å². The lowest BCUT2D eigenvalue weighted by Crippen LogP contribution is -2.39. The van der Waals surface area contributed by atoms with Crippen LogP contribution in [0.15, 0.2) is 73.3 Å². The fraction of sp³-hybridized carbons (Fsp3) is 0.172. The van der Waals surface area contributed by atoms with Crippen LogP contribution < -0.4 is 20.1 Å². The number of halogens is 1. The number of imide groups is 1. The smallest absolute Gasteiger partial charge is 0.333 e. The second-order valence-electron chi connectivity index (χ2n) is 9.30. The van der Waals surface area contributed by atoms with Gasteiger partial charge in [0.15, 0.2) is 11.6 Å². The number of rotatable bonds is 7. The first-order valence-electron chi connectivity index (χ1n) is 12.8. The van der Waals surface area contributed by atoms with E-state index < -0.39 is 23.9 Å². The Bertz CT molecular complexity index is 1790. The highest BCUT2D eigenvalue weighted by Crippen LogP contribution is 2.42. The average molecular weight is 573 g/mol. The van der Waals surface area contributed by atoms with Crippen molar-refractivity contribution in [3.05, 3.63) is 84.7 Å². The highest BCUT2D eigenvalue weighted by Gasteiger charge is 2.42. The Labute approximate surface area is 238 Å². The summed E-state index contributed by atoms with van der Waals surface area (Å²) in [5.74, 6) is 0.262. The molecule has 0 spiro atoms. The zero-order valence-electron chi connectivity index (χ0n) is 22.2. The van der Waals surface area contributed by atoms with Crippen LogP contribution in [0.3, 0.4) is 0 Å². The summed E-state index contributed by atoms with van der Waals surface area (Å²) in [6.07, 6.45) is 5.35. The molecule has 1 saturated heterocycles. The first-order valence-corrected chi connectivity index (χ1v) is 13.6. The number of ether oxygens (including phenoxy) is 2. The number of hydrogen-bond donors (Lipinski definition) is 1. The van der Waals surface area contributed by atoms with E-state index in [1.165, 1.54) is 35.5 Å². The molecule has 0 aliphatic carbocycles. The molecular weight excluding hydrogens is 547 g/mol. The molecule has 4 heterocycles. The topological polar surface area (TPSA) is 116 Å². The van der Waals surface area contributed by atoms with Gasteiger partial charge in [-0.3, -0.25) is 9.88 Å². The van der Waals surface area contributed by atoms with E-state index in [2.05, 4.69) is 9.97 Å². The summed E-state index contributed by atoms with van der Waals surface area (Å²) in [5, 5.41) is 0. The molecule has 4 amide bonds. The minimum absolute atomic E-state index is 0.00591. The number of benzene rings is 2. The van der Waals surface area contributed by atoms with Crippen molar-refractivity contribution in [2.24, 2.45) is 5.73 Å². The van der Waals surface area contributed by atoms with Gasteiger partial charge in [0.2, 0.25) is 0 Å². The van der Waals surface area contributed by atoms with Crippen LogP contribution in [0.1, 0.15) is 18.5 Å². The number of nitrogens with zero attached hydrogens (tertiary/aromatic N) is 5. The first-order chi connectivity index (χ1) is 19.9. The fourth-order valence-corrected chi connectivity index (χ4v) is 5.87. The quantitative estimate of drug-likeness (QED) is 0.249. The normalized spacial score (nSPS) is 15.1. The molecule has 0 radical (unpaired) electrons. The van der Waals surface area contributed by atoms with Crippen LogP contribution in [0.4, 0.5) is 19.7 Å². The standard InChI is InChI=1S/C29H25FN6O4S/c1-3-34-14-20(33-16-34)26-13-19-27(41-26)25(10-11-32-19)40-23-9-8-17(12-18(23)30)22-15-35(28(31)37)29(38)36(22)21-6-4-5-7-24(21)39-2/h4-14,16,22H,3,15H2,1-2H3,(H2,31,37). The Morgan fingerprint density at radius 3 is 2.68 bits per heavy atom. The Balaban J connectivity index is 1.32. The number of primary amides is 1. The van der Waals surface area contributed by atoms with E-state index in [-0.39, 0.29) is 12.3 Å². The van der Waals surface area contributed by atoms with Crippen LogP contribution in [0.5, 0.6) is 17.2 Å². The van der Waals surface area contributed by atoms with Crippen LogP contribution >= 0.6 is 11.3 Å². The summed E-state index contributed by atoms with van der Waals surface area (Å²) in [4.78, 5) is 37.4. The number of thiophene rings is 1. The third-order valence-corrected chi connectivity index (χ3v) is 8.06. The molecule has 1 atom stereocenters. The molecular formula is C29H25FN6O4S. The fourth-order valence-electron chi connectivity index (χ4n) is 4.84. The zero-order valence-corrected chi connectivity index (χ0v) is 23.0. The highest BCUT2D eigenvalue weighted by atomic mass is 32.1. The van der Waals surface area contributed by atoms with Crippen molar-refractivity contribution in [3.8, 4) is 27.8 Å². The SMILES string of the molecule is CCn1cnc(-c2cc3nccc(Oc4ccc(C5CN(C(N)=O)C(=O)N5c5ccccc5OC)cc4F)c3s2)c1. The molecule has 1 unspecified atom stereocenters. The zero-order chi connectivity index (χ0) is 28.7. The maximum atomic E-state index is 15.5. The molecule has 5 aromatic rings. The van der Waals surface area contributed by atoms with Gasteiger partial charge in [-0.15, -0.1) is 11.3 Å². The van der Waals surface area contributed by atoms with Gasteiger partial charge < -0.3 is 19.8 Å². The molecule has 2 N–H and O–H groups in total. The third kappa shape index (κ3) is 4.72. The number of carbonyl (C=O) groups is 2. The van der Waals surface area contributed by atoms with Crippen molar-refractivity contribution in [3.63, 3.8) is 0 Å². The van der Waals surface area contributed by atoms with Gasteiger partial charge in [-0.25, -0.2) is 23.9 Å². The lowest BCUT2D eigenvalue weighted by molar-refractivity contribution is 0.206. The average Bonchev–Trinajstić information content (AvgIpc) is 3.71. The molecule has 41 heavy (non-hydrogen) atoms. The van der Waals surface area contributed by atoms with Crippen molar-refractivity contribution < 1.29 is 23.5 Å². The van der Waals surface area contributed by atoms with Crippen molar-refractivity contribution in [1.29, 1.82) is 0 Å². The molecule has 1 aliphatic heterocycles. The number of methoxy groups -OCH3 is 1. The van der Waals surface area contributed by atoms with Gasteiger partial charge in [0.25, 0.3) is 0 Å². The van der Waals surface area contributed by atoms with Crippen molar-refractivity contribution >= 4 is 39.3 Å². The summed E-state index contributed by atoms with van der Waals surface area (Å²) >= 11 is 1.46. The van der Waals surface area contributed by atoms with E-state index in [9.17, 15) is 9.59 Å². The third-order valence-electron chi connectivity index (χ3n) is 6.90. The molecule has 1 fully saturated rings. The number of urea groups is 2. The Morgan fingerprint density at radius 2 is 1.95 bits per heavy atom. The summed E-state index contributed by atoms with van der Waals surface area (Å²) < 4.78 is 29.8. The van der Waals surface area contributed by atoms with Gasteiger partial charge in [-0.1, -0.05) is 18.2 Å². The van der Waals surface area contributed by atoms with Crippen molar-refractivity contribution in [2.45, 2.75) is 19.5 Å². The maximum Gasteiger partial charge on any atom is 0.333 e. The van der Waals surface area contributed by atoms with E-state index in [1.807, 2.05) is 23.8 Å². The molecule has 12 heteroatoms. The number of para-hydroxylation sites is 2. The van der Waals surface area contributed by atoms with E-state index in [4.69, 9.17) is 15.2 Å². The molecule has 3 aromatic heterocycles. The summed E-state index contributed by atoms with van der Waals surface area (Å²) in [7, 11) is 1.48. The predicted molar refractivity (Wildman–Crippen MR) is 153 cm³/mol. The summed E-state index contributed by atoms with van der Waals surface area (Å²) in [6, 6.07) is 12.8. The predicted octanol–water partition coefficient (Wildman–Crippen LogP) is 6.18. The second-order valence-corrected chi connectivity index (χ2v) is 10.4. The molecule has 0 saturated carbocycles. The maximum absolute atomic E-state index is 15.5. The minimum Gasteiger partial charge on any atom is -0.495 e. The number of fused-ring (bicyclic) bond motifs is 1. The van der Waals surface area contributed by atoms with Gasteiger partial charge in [0.1, 0.15) is 11.5 Å². The van der Waals surface area contributed by atoms with Gasteiger partial charge in [0.05, 0.1) is 52.5 Å². The van der Waals surface area contributed by atoms with Gasteiger partial charge in [-0.05, 0) is 42.8 Å². The van der Waals surface area contributed by atoms with Gasteiger partial charge in [-0.2, -0.15) is 0 Å². The van der Waals surface area contributed by atoms with Gasteiger partial charge in [0, 0.05) is 25.0 Å². The number of anilines is 1.